The molecule has 4 heteroatoms. The SMILES string of the molecule is Cc1cccc(-c2nc(CN(C)Cc3ccc4ccccc4c3)no2)c1. The average molecular weight is 343 g/mol. The second-order valence-electron chi connectivity index (χ2n) is 6.74. The molecule has 4 rings (SSSR count). The monoisotopic (exact) mass is 343 g/mol. The molecule has 1 aromatic heterocycles. The molecule has 0 fully saturated rings. The summed E-state index contributed by atoms with van der Waals surface area (Å²) in [5.41, 5.74) is 3.41. The first-order valence-corrected chi connectivity index (χ1v) is 8.73. The van der Waals surface area contributed by atoms with E-state index in [9.17, 15) is 0 Å². The first-order chi connectivity index (χ1) is 12.7. The molecule has 0 radical (unpaired) electrons. The zero-order valence-electron chi connectivity index (χ0n) is 15.0. The van der Waals surface area contributed by atoms with E-state index in [1.165, 1.54) is 21.9 Å². The highest BCUT2D eigenvalue weighted by Gasteiger charge is 2.11. The summed E-state index contributed by atoms with van der Waals surface area (Å²) < 4.78 is 5.43. The van der Waals surface area contributed by atoms with E-state index in [1.807, 2.05) is 12.1 Å². The Morgan fingerprint density at radius 3 is 2.58 bits per heavy atom. The number of rotatable bonds is 5. The topological polar surface area (TPSA) is 42.2 Å². The van der Waals surface area contributed by atoms with Gasteiger partial charge in [-0.05, 0) is 48.5 Å². The summed E-state index contributed by atoms with van der Waals surface area (Å²) in [5.74, 6) is 1.27. The van der Waals surface area contributed by atoms with Crippen molar-refractivity contribution in [1.29, 1.82) is 0 Å². The minimum absolute atomic E-state index is 0.572. The zero-order chi connectivity index (χ0) is 17.9. The normalized spacial score (nSPS) is 11.3. The second-order valence-corrected chi connectivity index (χ2v) is 6.74. The quantitative estimate of drug-likeness (QED) is 0.520. The molecule has 0 aliphatic rings. The first kappa shape index (κ1) is 16.5. The molecule has 4 aromatic rings. The summed E-state index contributed by atoms with van der Waals surface area (Å²) >= 11 is 0. The highest BCUT2D eigenvalue weighted by molar-refractivity contribution is 5.82. The van der Waals surface area contributed by atoms with E-state index in [0.717, 1.165) is 12.1 Å². The van der Waals surface area contributed by atoms with E-state index in [1.54, 1.807) is 0 Å². The van der Waals surface area contributed by atoms with Crippen LogP contribution in [0.25, 0.3) is 22.2 Å². The largest absolute Gasteiger partial charge is 0.334 e. The average Bonchev–Trinajstić information content (AvgIpc) is 3.10. The maximum absolute atomic E-state index is 5.43. The van der Waals surface area contributed by atoms with Gasteiger partial charge >= 0.3 is 0 Å². The van der Waals surface area contributed by atoms with Crippen molar-refractivity contribution < 1.29 is 4.52 Å². The van der Waals surface area contributed by atoms with Gasteiger partial charge in [-0.15, -0.1) is 0 Å². The van der Waals surface area contributed by atoms with Crippen LogP contribution in [0.4, 0.5) is 0 Å². The van der Waals surface area contributed by atoms with Gasteiger partial charge in [0.1, 0.15) is 0 Å². The Balaban J connectivity index is 1.45. The Hall–Kier alpha value is -2.98. The van der Waals surface area contributed by atoms with Gasteiger partial charge in [-0.1, -0.05) is 59.3 Å². The summed E-state index contributed by atoms with van der Waals surface area (Å²) in [6.07, 6.45) is 0. The fraction of sp³-hybridized carbons (Fsp3) is 0.182. The number of hydrogen-bond acceptors (Lipinski definition) is 4. The van der Waals surface area contributed by atoms with Crippen LogP contribution in [-0.4, -0.2) is 22.1 Å². The molecule has 130 valence electrons. The van der Waals surface area contributed by atoms with Crippen LogP contribution >= 0.6 is 0 Å². The highest BCUT2D eigenvalue weighted by atomic mass is 16.5. The Kier molecular flexibility index (Phi) is 4.50. The van der Waals surface area contributed by atoms with Crippen molar-refractivity contribution in [2.75, 3.05) is 7.05 Å². The number of benzene rings is 3. The van der Waals surface area contributed by atoms with Crippen molar-refractivity contribution in [3.8, 4) is 11.5 Å². The molecule has 0 unspecified atom stereocenters. The first-order valence-electron chi connectivity index (χ1n) is 8.73. The number of fused-ring (bicyclic) bond motifs is 1. The molecule has 3 aromatic carbocycles. The van der Waals surface area contributed by atoms with Crippen molar-refractivity contribution in [3.63, 3.8) is 0 Å². The minimum Gasteiger partial charge on any atom is -0.334 e. The molecule has 0 spiro atoms. The van der Waals surface area contributed by atoms with Gasteiger partial charge in [0, 0.05) is 12.1 Å². The fourth-order valence-corrected chi connectivity index (χ4v) is 3.16. The molecule has 1 heterocycles. The lowest BCUT2D eigenvalue weighted by Gasteiger charge is -2.14. The van der Waals surface area contributed by atoms with Crippen LogP contribution in [0, 0.1) is 6.92 Å². The number of aromatic nitrogens is 2. The van der Waals surface area contributed by atoms with Gasteiger partial charge in [0.05, 0.1) is 6.54 Å². The molecular weight excluding hydrogens is 322 g/mol. The van der Waals surface area contributed by atoms with Crippen molar-refractivity contribution in [2.45, 2.75) is 20.0 Å². The van der Waals surface area contributed by atoms with Crippen molar-refractivity contribution in [2.24, 2.45) is 0 Å². The van der Waals surface area contributed by atoms with Crippen molar-refractivity contribution in [1.82, 2.24) is 15.0 Å². The third-order valence-corrected chi connectivity index (χ3v) is 4.41. The lowest BCUT2D eigenvalue weighted by atomic mass is 10.1. The fourth-order valence-electron chi connectivity index (χ4n) is 3.16. The Labute approximate surface area is 153 Å². The maximum atomic E-state index is 5.43. The van der Waals surface area contributed by atoms with Crippen molar-refractivity contribution >= 4 is 10.8 Å². The maximum Gasteiger partial charge on any atom is 0.257 e. The van der Waals surface area contributed by atoms with E-state index in [-0.39, 0.29) is 0 Å². The summed E-state index contributed by atoms with van der Waals surface area (Å²) in [6, 6.07) is 23.1. The van der Waals surface area contributed by atoms with Gasteiger partial charge in [0.2, 0.25) is 0 Å². The molecule has 0 aliphatic carbocycles. The molecular formula is C22H21N3O. The van der Waals surface area contributed by atoms with Gasteiger partial charge in [0.15, 0.2) is 5.82 Å². The Morgan fingerprint density at radius 2 is 1.73 bits per heavy atom. The summed E-state index contributed by atoms with van der Waals surface area (Å²) in [7, 11) is 2.07. The van der Waals surface area contributed by atoms with Gasteiger partial charge in [-0.3, -0.25) is 4.90 Å². The Bertz CT molecular complexity index is 1040. The second kappa shape index (κ2) is 7.10. The molecule has 0 amide bonds. The molecule has 0 aliphatic heterocycles. The molecule has 0 N–H and O–H groups in total. The third kappa shape index (κ3) is 3.65. The lowest BCUT2D eigenvalue weighted by Crippen LogP contribution is -2.18. The minimum atomic E-state index is 0.572. The summed E-state index contributed by atoms with van der Waals surface area (Å²) in [5, 5.41) is 6.65. The summed E-state index contributed by atoms with van der Waals surface area (Å²) in [4.78, 5) is 6.72. The molecule has 0 saturated heterocycles. The zero-order valence-corrected chi connectivity index (χ0v) is 15.0. The molecule has 0 bridgehead atoms. The van der Waals surface area contributed by atoms with Gasteiger partial charge < -0.3 is 4.52 Å². The van der Waals surface area contributed by atoms with Crippen LogP contribution < -0.4 is 0 Å². The van der Waals surface area contributed by atoms with E-state index < -0.39 is 0 Å². The van der Waals surface area contributed by atoms with Gasteiger partial charge in [0.25, 0.3) is 5.89 Å². The molecule has 0 atom stereocenters. The van der Waals surface area contributed by atoms with Crippen LogP contribution in [0.1, 0.15) is 17.0 Å². The predicted molar refractivity (Wildman–Crippen MR) is 104 cm³/mol. The van der Waals surface area contributed by atoms with E-state index in [2.05, 4.69) is 83.6 Å². The Morgan fingerprint density at radius 1 is 0.885 bits per heavy atom. The van der Waals surface area contributed by atoms with Gasteiger partial charge in [-0.25, -0.2) is 0 Å². The molecule has 4 nitrogen and oxygen atoms in total. The molecule has 0 saturated carbocycles. The summed E-state index contributed by atoms with van der Waals surface area (Å²) in [6.45, 7) is 3.53. The number of nitrogens with zero attached hydrogens (tertiary/aromatic N) is 3. The van der Waals surface area contributed by atoms with Crippen LogP contribution in [0.2, 0.25) is 0 Å². The number of aryl methyl sites for hydroxylation is 1. The van der Waals surface area contributed by atoms with E-state index in [4.69, 9.17) is 4.52 Å². The van der Waals surface area contributed by atoms with Crippen LogP contribution in [0.5, 0.6) is 0 Å². The third-order valence-electron chi connectivity index (χ3n) is 4.41. The van der Waals surface area contributed by atoms with Crippen molar-refractivity contribution in [3.05, 3.63) is 83.7 Å². The predicted octanol–water partition coefficient (Wildman–Crippen LogP) is 4.83. The highest BCUT2D eigenvalue weighted by Crippen LogP contribution is 2.20. The number of hydrogen-bond donors (Lipinski definition) is 0. The van der Waals surface area contributed by atoms with E-state index in [0.29, 0.717) is 18.3 Å². The molecule has 26 heavy (non-hydrogen) atoms. The smallest absolute Gasteiger partial charge is 0.257 e. The van der Waals surface area contributed by atoms with Crippen LogP contribution in [0.15, 0.2) is 71.3 Å². The van der Waals surface area contributed by atoms with Gasteiger partial charge in [-0.2, -0.15) is 4.98 Å². The standard InChI is InChI=1S/C22H21N3O/c1-16-6-5-9-20(12-16)22-23-21(24-26-22)15-25(2)14-17-10-11-18-7-3-4-8-19(18)13-17/h3-13H,14-15H2,1-2H3. The van der Waals surface area contributed by atoms with Crippen LogP contribution in [-0.2, 0) is 13.1 Å². The van der Waals surface area contributed by atoms with Crippen LogP contribution in [0.3, 0.4) is 0 Å². The lowest BCUT2D eigenvalue weighted by molar-refractivity contribution is 0.302. The van der Waals surface area contributed by atoms with E-state index >= 15 is 0 Å².